The predicted octanol–water partition coefficient (Wildman–Crippen LogP) is 4.41. The zero-order valence-electron chi connectivity index (χ0n) is 10.1. The Morgan fingerprint density at radius 3 is 2.76 bits per heavy atom. The van der Waals surface area contributed by atoms with Crippen LogP contribution in [0.25, 0.3) is 0 Å². The lowest BCUT2D eigenvalue weighted by Crippen LogP contribution is -2.06. The Labute approximate surface area is 107 Å². The van der Waals surface area contributed by atoms with E-state index in [-0.39, 0.29) is 0 Å². The van der Waals surface area contributed by atoms with Crippen LogP contribution in [0, 0.1) is 0 Å². The summed E-state index contributed by atoms with van der Waals surface area (Å²) in [6.45, 7) is 0. The van der Waals surface area contributed by atoms with Gasteiger partial charge in [0.25, 0.3) is 0 Å². The van der Waals surface area contributed by atoms with Crippen LogP contribution < -0.4 is 0 Å². The maximum absolute atomic E-state index is 2.33. The molecule has 0 atom stereocenters. The van der Waals surface area contributed by atoms with E-state index in [1.165, 1.54) is 43.4 Å². The third-order valence-electron chi connectivity index (χ3n) is 3.71. The second kappa shape index (κ2) is 5.05. The van der Waals surface area contributed by atoms with Crippen molar-refractivity contribution in [2.45, 2.75) is 38.5 Å². The van der Waals surface area contributed by atoms with Crippen LogP contribution in [0.2, 0.25) is 0 Å². The largest absolute Gasteiger partial charge is 0.149 e. The summed E-state index contributed by atoms with van der Waals surface area (Å²) in [5.41, 5.74) is 4.87. The van der Waals surface area contributed by atoms with E-state index >= 15 is 0 Å². The van der Waals surface area contributed by atoms with Crippen LogP contribution in [0.4, 0.5) is 0 Å². The monoisotopic (exact) mass is 242 g/mol. The fraction of sp³-hybridized carbons (Fsp3) is 0.375. The standard InChI is InChI=1S/C16H18S/c1-2-9-16-13(5-1)6-3-7-14(16)10-11-15-8-4-12-17-15/h3-4,6-8,12H,1-2,5,9-11H2. The Bertz CT molecular complexity index is 482. The highest BCUT2D eigenvalue weighted by molar-refractivity contribution is 7.09. The average molecular weight is 242 g/mol. The molecule has 1 aromatic carbocycles. The summed E-state index contributed by atoms with van der Waals surface area (Å²) >= 11 is 1.88. The van der Waals surface area contributed by atoms with Crippen LogP contribution in [0.1, 0.15) is 34.4 Å². The SMILES string of the molecule is c1csc(CCc2cccc3c2CCCC3)c1. The van der Waals surface area contributed by atoms with Crippen LogP contribution in [0.5, 0.6) is 0 Å². The maximum atomic E-state index is 2.33. The zero-order chi connectivity index (χ0) is 11.5. The highest BCUT2D eigenvalue weighted by Crippen LogP contribution is 2.25. The van der Waals surface area contributed by atoms with Crippen molar-refractivity contribution >= 4 is 11.3 Å². The molecular weight excluding hydrogens is 224 g/mol. The average Bonchev–Trinajstić information content (AvgIpc) is 2.89. The minimum absolute atomic E-state index is 1.20. The molecule has 0 saturated carbocycles. The summed E-state index contributed by atoms with van der Waals surface area (Å²) in [6, 6.07) is 11.3. The van der Waals surface area contributed by atoms with Gasteiger partial charge in [-0.1, -0.05) is 24.3 Å². The van der Waals surface area contributed by atoms with Gasteiger partial charge in [0.2, 0.25) is 0 Å². The molecule has 1 heterocycles. The molecule has 0 radical (unpaired) electrons. The Morgan fingerprint density at radius 2 is 1.88 bits per heavy atom. The highest BCUT2D eigenvalue weighted by atomic mass is 32.1. The maximum Gasteiger partial charge on any atom is 0.00485 e. The lowest BCUT2D eigenvalue weighted by molar-refractivity contribution is 0.677. The van der Waals surface area contributed by atoms with E-state index in [9.17, 15) is 0 Å². The quantitative estimate of drug-likeness (QED) is 0.748. The summed E-state index contributed by atoms with van der Waals surface area (Å²) in [5.74, 6) is 0. The Kier molecular flexibility index (Phi) is 3.28. The first-order valence-electron chi connectivity index (χ1n) is 6.55. The van der Waals surface area contributed by atoms with Gasteiger partial charge in [0.05, 0.1) is 0 Å². The van der Waals surface area contributed by atoms with E-state index in [0.29, 0.717) is 0 Å². The first-order chi connectivity index (χ1) is 8.43. The van der Waals surface area contributed by atoms with Gasteiger partial charge in [0.1, 0.15) is 0 Å². The molecule has 0 amide bonds. The number of hydrogen-bond acceptors (Lipinski definition) is 1. The zero-order valence-corrected chi connectivity index (χ0v) is 10.9. The molecule has 88 valence electrons. The minimum Gasteiger partial charge on any atom is -0.149 e. The van der Waals surface area contributed by atoms with Crippen molar-refractivity contribution in [3.8, 4) is 0 Å². The van der Waals surface area contributed by atoms with Crippen molar-refractivity contribution in [2.75, 3.05) is 0 Å². The van der Waals surface area contributed by atoms with Gasteiger partial charge in [-0.25, -0.2) is 0 Å². The number of benzene rings is 1. The molecule has 0 unspecified atom stereocenters. The first-order valence-corrected chi connectivity index (χ1v) is 7.43. The lowest BCUT2D eigenvalue weighted by Gasteiger charge is -2.19. The minimum atomic E-state index is 1.20. The smallest absolute Gasteiger partial charge is 0.00485 e. The van der Waals surface area contributed by atoms with E-state index in [1.807, 2.05) is 11.3 Å². The lowest BCUT2D eigenvalue weighted by atomic mass is 9.87. The highest BCUT2D eigenvalue weighted by Gasteiger charge is 2.12. The topological polar surface area (TPSA) is 0 Å². The molecular formula is C16H18S. The molecule has 17 heavy (non-hydrogen) atoms. The van der Waals surface area contributed by atoms with E-state index in [1.54, 1.807) is 16.7 Å². The Balaban J connectivity index is 1.78. The van der Waals surface area contributed by atoms with Crippen molar-refractivity contribution in [3.63, 3.8) is 0 Å². The van der Waals surface area contributed by atoms with E-state index in [2.05, 4.69) is 35.7 Å². The first kappa shape index (κ1) is 11.0. The molecule has 0 spiro atoms. The van der Waals surface area contributed by atoms with Crippen LogP contribution in [-0.2, 0) is 25.7 Å². The molecule has 1 aliphatic carbocycles. The Morgan fingerprint density at radius 1 is 0.941 bits per heavy atom. The summed E-state index contributed by atoms with van der Waals surface area (Å²) in [5, 5.41) is 2.18. The van der Waals surface area contributed by atoms with Crippen LogP contribution in [0.3, 0.4) is 0 Å². The van der Waals surface area contributed by atoms with Crippen molar-refractivity contribution in [3.05, 3.63) is 57.3 Å². The van der Waals surface area contributed by atoms with Crippen LogP contribution in [-0.4, -0.2) is 0 Å². The van der Waals surface area contributed by atoms with E-state index in [0.717, 1.165) is 0 Å². The fourth-order valence-corrected chi connectivity index (χ4v) is 3.52. The summed E-state index contributed by atoms with van der Waals surface area (Å²) < 4.78 is 0. The van der Waals surface area contributed by atoms with Gasteiger partial charge in [0, 0.05) is 4.88 Å². The van der Waals surface area contributed by atoms with Crippen molar-refractivity contribution in [2.24, 2.45) is 0 Å². The molecule has 1 aliphatic rings. The van der Waals surface area contributed by atoms with Crippen LogP contribution >= 0.6 is 11.3 Å². The molecule has 0 fully saturated rings. The number of rotatable bonds is 3. The van der Waals surface area contributed by atoms with Gasteiger partial charge in [-0.2, -0.15) is 0 Å². The molecule has 0 bridgehead atoms. The van der Waals surface area contributed by atoms with Crippen molar-refractivity contribution in [1.29, 1.82) is 0 Å². The molecule has 0 N–H and O–H groups in total. The van der Waals surface area contributed by atoms with Gasteiger partial charge in [0.15, 0.2) is 0 Å². The van der Waals surface area contributed by atoms with Gasteiger partial charge in [-0.05, 0) is 66.7 Å². The number of thiophene rings is 1. The second-order valence-electron chi connectivity index (χ2n) is 4.84. The third-order valence-corrected chi connectivity index (χ3v) is 4.65. The second-order valence-corrected chi connectivity index (χ2v) is 5.87. The molecule has 2 aromatic rings. The van der Waals surface area contributed by atoms with Gasteiger partial charge in [-0.15, -0.1) is 11.3 Å². The normalized spacial score (nSPS) is 14.6. The summed E-state index contributed by atoms with van der Waals surface area (Å²) in [4.78, 5) is 1.51. The van der Waals surface area contributed by atoms with E-state index < -0.39 is 0 Å². The third kappa shape index (κ3) is 2.44. The summed E-state index contributed by atoms with van der Waals surface area (Å²) in [7, 11) is 0. The Hall–Kier alpha value is -1.08. The van der Waals surface area contributed by atoms with Gasteiger partial charge in [-0.3, -0.25) is 0 Å². The summed E-state index contributed by atoms with van der Waals surface area (Å²) in [6.07, 6.45) is 7.76. The van der Waals surface area contributed by atoms with Crippen LogP contribution in [0.15, 0.2) is 35.7 Å². The number of fused-ring (bicyclic) bond motifs is 1. The molecule has 0 saturated heterocycles. The van der Waals surface area contributed by atoms with E-state index in [4.69, 9.17) is 0 Å². The molecule has 1 aromatic heterocycles. The molecule has 0 aliphatic heterocycles. The molecule has 3 rings (SSSR count). The number of hydrogen-bond donors (Lipinski definition) is 0. The van der Waals surface area contributed by atoms with Gasteiger partial charge >= 0.3 is 0 Å². The van der Waals surface area contributed by atoms with Crippen molar-refractivity contribution < 1.29 is 0 Å². The molecule has 0 nitrogen and oxygen atoms in total. The number of aryl methyl sites for hydroxylation is 3. The van der Waals surface area contributed by atoms with Crippen molar-refractivity contribution in [1.82, 2.24) is 0 Å². The fourth-order valence-electron chi connectivity index (χ4n) is 2.81. The molecule has 1 heteroatoms. The predicted molar refractivity (Wildman–Crippen MR) is 74.8 cm³/mol. The van der Waals surface area contributed by atoms with Gasteiger partial charge < -0.3 is 0 Å².